The average Bonchev–Trinajstić information content (AvgIpc) is 2.56. The van der Waals surface area contributed by atoms with Gasteiger partial charge in [0.15, 0.2) is 0 Å². The third kappa shape index (κ3) is 2.51. The first-order chi connectivity index (χ1) is 7.68. The maximum absolute atomic E-state index is 6.15. The molecule has 1 fully saturated rings. The molecule has 0 aliphatic heterocycles. The van der Waals surface area contributed by atoms with E-state index in [-0.39, 0.29) is 0 Å². The van der Waals surface area contributed by atoms with Crippen molar-refractivity contribution in [3.8, 4) is 0 Å². The van der Waals surface area contributed by atoms with Gasteiger partial charge in [0.05, 0.1) is 5.69 Å². The van der Waals surface area contributed by atoms with Crippen molar-refractivity contribution in [2.75, 3.05) is 5.73 Å². The van der Waals surface area contributed by atoms with Gasteiger partial charge in [0.1, 0.15) is 5.15 Å². The van der Waals surface area contributed by atoms with Crippen LogP contribution in [0.3, 0.4) is 0 Å². The quantitative estimate of drug-likeness (QED) is 0.884. The summed E-state index contributed by atoms with van der Waals surface area (Å²) >= 11 is 6.15. The largest absolute Gasteiger partial charge is 0.369 e. The molecule has 0 spiro atoms. The number of aryl methyl sites for hydroxylation is 1. The van der Waals surface area contributed by atoms with Crippen molar-refractivity contribution in [3.63, 3.8) is 0 Å². The van der Waals surface area contributed by atoms with Gasteiger partial charge in [-0.15, -0.1) is 0 Å². The zero-order chi connectivity index (χ0) is 11.5. The molecule has 4 heteroatoms. The Morgan fingerprint density at radius 1 is 1.38 bits per heavy atom. The molecule has 0 bridgehead atoms. The minimum atomic E-state index is 0.517. The van der Waals surface area contributed by atoms with Crippen LogP contribution in [0.2, 0.25) is 5.15 Å². The minimum Gasteiger partial charge on any atom is -0.369 e. The highest BCUT2D eigenvalue weighted by Crippen LogP contribution is 2.28. The highest BCUT2D eigenvalue weighted by molar-refractivity contribution is 6.30. The fourth-order valence-electron chi connectivity index (χ4n) is 2.53. The van der Waals surface area contributed by atoms with E-state index in [0.717, 1.165) is 18.0 Å². The lowest BCUT2D eigenvalue weighted by atomic mass is 9.86. The van der Waals surface area contributed by atoms with Gasteiger partial charge in [-0.05, 0) is 18.8 Å². The number of hydrogen-bond acceptors (Lipinski definition) is 2. The standard InChI is InChI=1S/C12H20ClN3/c1-16-11(13)10(15-12(16)14)8-7-9-5-3-2-4-6-9/h9H,2-8H2,1H3,(H2,14,15). The first-order valence-electron chi connectivity index (χ1n) is 6.15. The van der Waals surface area contributed by atoms with Crippen LogP contribution in [0.4, 0.5) is 5.95 Å². The second-order valence-electron chi connectivity index (χ2n) is 4.81. The molecule has 0 atom stereocenters. The van der Waals surface area contributed by atoms with E-state index in [1.807, 2.05) is 7.05 Å². The number of aromatic nitrogens is 2. The summed E-state index contributed by atoms with van der Waals surface area (Å²) in [5.74, 6) is 1.39. The molecule has 2 N–H and O–H groups in total. The predicted octanol–water partition coefficient (Wildman–Crippen LogP) is 3.17. The summed E-state index contributed by atoms with van der Waals surface area (Å²) in [5.41, 5.74) is 6.68. The van der Waals surface area contributed by atoms with Crippen molar-refractivity contribution in [1.29, 1.82) is 0 Å². The summed E-state index contributed by atoms with van der Waals surface area (Å²) < 4.78 is 1.75. The average molecular weight is 242 g/mol. The first kappa shape index (κ1) is 11.8. The zero-order valence-electron chi connectivity index (χ0n) is 9.88. The van der Waals surface area contributed by atoms with Crippen molar-refractivity contribution < 1.29 is 0 Å². The third-order valence-electron chi connectivity index (χ3n) is 3.64. The fraction of sp³-hybridized carbons (Fsp3) is 0.750. The van der Waals surface area contributed by atoms with Crippen LogP contribution in [0, 0.1) is 5.92 Å². The highest BCUT2D eigenvalue weighted by Gasteiger charge is 2.16. The number of nitrogens with zero attached hydrogens (tertiary/aromatic N) is 2. The summed E-state index contributed by atoms with van der Waals surface area (Å²) in [4.78, 5) is 4.30. The van der Waals surface area contributed by atoms with Gasteiger partial charge >= 0.3 is 0 Å². The van der Waals surface area contributed by atoms with Crippen molar-refractivity contribution in [3.05, 3.63) is 10.8 Å². The fourth-order valence-corrected chi connectivity index (χ4v) is 2.75. The van der Waals surface area contributed by atoms with Gasteiger partial charge in [0.2, 0.25) is 5.95 Å². The van der Waals surface area contributed by atoms with Gasteiger partial charge in [0.25, 0.3) is 0 Å². The SMILES string of the molecule is Cn1c(N)nc(CCC2CCCCC2)c1Cl. The second kappa shape index (κ2) is 5.09. The number of rotatable bonds is 3. The minimum absolute atomic E-state index is 0.517. The summed E-state index contributed by atoms with van der Waals surface area (Å²) in [5, 5.41) is 0.702. The van der Waals surface area contributed by atoms with Gasteiger partial charge in [-0.3, -0.25) is 0 Å². The third-order valence-corrected chi connectivity index (χ3v) is 4.11. The maximum Gasteiger partial charge on any atom is 0.201 e. The van der Waals surface area contributed by atoms with Crippen LogP contribution in [0.1, 0.15) is 44.2 Å². The number of nitrogens with two attached hydrogens (primary N) is 1. The molecule has 0 amide bonds. The predicted molar refractivity (Wildman–Crippen MR) is 67.5 cm³/mol. The van der Waals surface area contributed by atoms with Crippen molar-refractivity contribution >= 4 is 17.5 Å². The molecule has 90 valence electrons. The first-order valence-corrected chi connectivity index (χ1v) is 6.53. The Morgan fingerprint density at radius 2 is 2.06 bits per heavy atom. The molecule has 1 aliphatic carbocycles. The molecule has 2 rings (SSSR count). The van der Waals surface area contributed by atoms with Crippen LogP contribution in [-0.2, 0) is 13.5 Å². The number of hydrogen-bond donors (Lipinski definition) is 1. The smallest absolute Gasteiger partial charge is 0.201 e. The number of nitrogen functional groups attached to an aromatic ring is 1. The Bertz CT molecular complexity index is 353. The summed E-state index contributed by atoms with van der Waals surface area (Å²) in [7, 11) is 1.86. The molecule has 0 aromatic carbocycles. The molecule has 1 saturated carbocycles. The molecule has 0 unspecified atom stereocenters. The van der Waals surface area contributed by atoms with Gasteiger partial charge in [0, 0.05) is 7.05 Å². The van der Waals surface area contributed by atoms with E-state index in [1.165, 1.54) is 38.5 Å². The second-order valence-corrected chi connectivity index (χ2v) is 5.17. The number of anilines is 1. The van der Waals surface area contributed by atoms with Crippen LogP contribution in [0.15, 0.2) is 0 Å². The molecular weight excluding hydrogens is 222 g/mol. The van der Waals surface area contributed by atoms with Gasteiger partial charge in [-0.1, -0.05) is 43.7 Å². The molecule has 0 radical (unpaired) electrons. The molecule has 16 heavy (non-hydrogen) atoms. The lowest BCUT2D eigenvalue weighted by Crippen LogP contribution is -2.07. The van der Waals surface area contributed by atoms with Crippen LogP contribution >= 0.6 is 11.6 Å². The van der Waals surface area contributed by atoms with E-state index < -0.39 is 0 Å². The molecule has 1 aromatic rings. The molecule has 0 saturated heterocycles. The van der Waals surface area contributed by atoms with E-state index in [0.29, 0.717) is 11.1 Å². The number of halogens is 1. The molecule has 1 heterocycles. The van der Waals surface area contributed by atoms with Crippen molar-refractivity contribution in [2.45, 2.75) is 44.9 Å². The van der Waals surface area contributed by atoms with Crippen molar-refractivity contribution in [2.24, 2.45) is 13.0 Å². The molecule has 3 nitrogen and oxygen atoms in total. The lowest BCUT2D eigenvalue weighted by molar-refractivity contribution is 0.338. The van der Waals surface area contributed by atoms with Crippen LogP contribution in [0.25, 0.3) is 0 Å². The van der Waals surface area contributed by atoms with Crippen molar-refractivity contribution in [1.82, 2.24) is 9.55 Å². The Labute approximate surface area is 102 Å². The topological polar surface area (TPSA) is 43.8 Å². The molecule has 1 aliphatic rings. The van der Waals surface area contributed by atoms with Crippen LogP contribution < -0.4 is 5.73 Å². The molecule has 1 aromatic heterocycles. The Kier molecular flexibility index (Phi) is 3.74. The van der Waals surface area contributed by atoms with Crippen LogP contribution in [-0.4, -0.2) is 9.55 Å². The maximum atomic E-state index is 6.15. The van der Waals surface area contributed by atoms with Crippen LogP contribution in [0.5, 0.6) is 0 Å². The normalized spacial score (nSPS) is 17.9. The van der Waals surface area contributed by atoms with E-state index in [9.17, 15) is 0 Å². The summed E-state index contributed by atoms with van der Waals surface area (Å²) in [6.45, 7) is 0. The monoisotopic (exact) mass is 241 g/mol. The Morgan fingerprint density at radius 3 is 2.62 bits per heavy atom. The van der Waals surface area contributed by atoms with E-state index in [2.05, 4.69) is 4.98 Å². The number of imidazole rings is 1. The summed E-state index contributed by atoms with van der Waals surface area (Å²) in [6, 6.07) is 0. The zero-order valence-corrected chi connectivity index (χ0v) is 10.6. The van der Waals surface area contributed by atoms with Gasteiger partial charge in [-0.2, -0.15) is 0 Å². The summed E-state index contributed by atoms with van der Waals surface area (Å²) in [6.07, 6.45) is 9.11. The molecular formula is C12H20ClN3. The Hall–Kier alpha value is -0.700. The highest BCUT2D eigenvalue weighted by atomic mass is 35.5. The van der Waals surface area contributed by atoms with E-state index in [1.54, 1.807) is 4.57 Å². The van der Waals surface area contributed by atoms with E-state index in [4.69, 9.17) is 17.3 Å². The van der Waals surface area contributed by atoms with E-state index >= 15 is 0 Å². The lowest BCUT2D eigenvalue weighted by Gasteiger charge is -2.20. The Balaban J connectivity index is 1.91. The van der Waals surface area contributed by atoms with Gasteiger partial charge < -0.3 is 10.3 Å². The van der Waals surface area contributed by atoms with Gasteiger partial charge in [-0.25, -0.2) is 4.98 Å².